The van der Waals surface area contributed by atoms with E-state index in [0.29, 0.717) is 0 Å². The van der Waals surface area contributed by atoms with Gasteiger partial charge in [-0.25, -0.2) is 4.98 Å². The second-order valence-electron chi connectivity index (χ2n) is 5.71. The Morgan fingerprint density at radius 1 is 1.05 bits per heavy atom. The van der Waals surface area contributed by atoms with Crippen molar-refractivity contribution in [1.82, 2.24) is 9.55 Å². The predicted molar refractivity (Wildman–Crippen MR) is 89.5 cm³/mol. The lowest BCUT2D eigenvalue weighted by Crippen LogP contribution is -2.03. The van der Waals surface area contributed by atoms with Crippen molar-refractivity contribution in [2.45, 2.75) is 33.1 Å². The fraction of sp³-hybridized carbons (Fsp3) is 0.278. The lowest BCUT2D eigenvalue weighted by molar-refractivity contribution is 0.880. The number of aryl methyl sites for hydroxylation is 3. The van der Waals surface area contributed by atoms with Crippen LogP contribution >= 0.6 is 11.6 Å². The maximum absolute atomic E-state index is 6.38. The highest BCUT2D eigenvalue weighted by atomic mass is 35.5. The minimum atomic E-state index is -0.141. The molecule has 21 heavy (non-hydrogen) atoms. The molecule has 1 heterocycles. The molecule has 3 heteroatoms. The summed E-state index contributed by atoms with van der Waals surface area (Å²) in [6, 6.07) is 12.8. The topological polar surface area (TPSA) is 17.8 Å². The number of alkyl halides is 1. The smallest absolute Gasteiger partial charge is 0.132 e. The van der Waals surface area contributed by atoms with Gasteiger partial charge in [-0.2, -0.15) is 0 Å². The van der Waals surface area contributed by atoms with Crippen LogP contribution in [0, 0.1) is 20.8 Å². The summed E-state index contributed by atoms with van der Waals surface area (Å²) in [5, 5.41) is -0.141. The Hall–Kier alpha value is -1.80. The predicted octanol–water partition coefficient (Wildman–Crippen LogP) is 5.25. The Labute approximate surface area is 130 Å². The van der Waals surface area contributed by atoms with Crippen molar-refractivity contribution < 1.29 is 0 Å². The largest absolute Gasteiger partial charge is 0.295 e. The molecule has 1 unspecified atom stereocenters. The second kappa shape index (κ2) is 5.19. The molecule has 0 aliphatic rings. The van der Waals surface area contributed by atoms with Crippen LogP contribution in [0.25, 0.3) is 16.7 Å². The van der Waals surface area contributed by atoms with Crippen molar-refractivity contribution in [3.8, 4) is 5.69 Å². The molecule has 1 atom stereocenters. The average molecular weight is 299 g/mol. The maximum atomic E-state index is 6.38. The van der Waals surface area contributed by atoms with Crippen molar-refractivity contribution in [3.63, 3.8) is 0 Å². The first-order valence-corrected chi connectivity index (χ1v) is 7.61. The summed E-state index contributed by atoms with van der Waals surface area (Å²) in [7, 11) is 0. The standard InChI is InChI=1S/C18H19ClN2/c1-11-8-12(2)10-15(9-11)21-17-13(3)6-5-7-16(17)20-18(21)14(4)19/h5-10,14H,1-4H3. The molecule has 0 spiro atoms. The van der Waals surface area contributed by atoms with E-state index in [1.807, 2.05) is 19.1 Å². The van der Waals surface area contributed by atoms with E-state index in [1.54, 1.807) is 0 Å². The van der Waals surface area contributed by atoms with Gasteiger partial charge in [-0.3, -0.25) is 4.57 Å². The van der Waals surface area contributed by atoms with Crippen LogP contribution in [0.2, 0.25) is 0 Å². The molecule has 0 amide bonds. The third-order valence-corrected chi connectivity index (χ3v) is 3.92. The molecular weight excluding hydrogens is 280 g/mol. The van der Waals surface area contributed by atoms with Gasteiger partial charge in [0.25, 0.3) is 0 Å². The van der Waals surface area contributed by atoms with Crippen LogP contribution in [0.1, 0.15) is 34.8 Å². The van der Waals surface area contributed by atoms with E-state index >= 15 is 0 Å². The number of halogens is 1. The number of imidazole rings is 1. The van der Waals surface area contributed by atoms with Gasteiger partial charge in [-0.05, 0) is 62.6 Å². The Kier molecular flexibility index (Phi) is 3.50. The lowest BCUT2D eigenvalue weighted by atomic mass is 10.1. The van der Waals surface area contributed by atoms with Crippen LogP contribution in [0.15, 0.2) is 36.4 Å². The Bertz CT molecular complexity index is 795. The summed E-state index contributed by atoms with van der Waals surface area (Å²) in [5.41, 5.74) is 6.97. The molecule has 108 valence electrons. The van der Waals surface area contributed by atoms with Gasteiger partial charge in [-0.1, -0.05) is 18.2 Å². The van der Waals surface area contributed by atoms with E-state index in [-0.39, 0.29) is 5.38 Å². The number of hydrogen-bond donors (Lipinski definition) is 0. The SMILES string of the molecule is Cc1cc(C)cc(-n2c(C(C)Cl)nc3cccc(C)c32)c1. The van der Waals surface area contributed by atoms with E-state index in [2.05, 4.69) is 49.6 Å². The van der Waals surface area contributed by atoms with Crippen LogP contribution in [-0.2, 0) is 0 Å². The molecule has 1 aromatic heterocycles. The van der Waals surface area contributed by atoms with E-state index in [4.69, 9.17) is 16.6 Å². The highest BCUT2D eigenvalue weighted by molar-refractivity contribution is 6.20. The molecule has 3 aromatic rings. The zero-order valence-corrected chi connectivity index (χ0v) is 13.6. The Morgan fingerprint density at radius 2 is 1.71 bits per heavy atom. The molecule has 3 rings (SSSR count). The van der Waals surface area contributed by atoms with Crippen LogP contribution in [-0.4, -0.2) is 9.55 Å². The van der Waals surface area contributed by atoms with E-state index in [9.17, 15) is 0 Å². The van der Waals surface area contributed by atoms with Gasteiger partial charge < -0.3 is 0 Å². The minimum absolute atomic E-state index is 0.141. The third kappa shape index (κ3) is 2.44. The first-order chi connectivity index (χ1) is 9.97. The summed E-state index contributed by atoms with van der Waals surface area (Å²) in [6.07, 6.45) is 0. The van der Waals surface area contributed by atoms with Gasteiger partial charge in [0.15, 0.2) is 0 Å². The van der Waals surface area contributed by atoms with Gasteiger partial charge in [0, 0.05) is 5.69 Å². The molecule has 2 aromatic carbocycles. The first kappa shape index (κ1) is 14.2. The molecule has 0 saturated heterocycles. The van der Waals surface area contributed by atoms with Gasteiger partial charge >= 0.3 is 0 Å². The van der Waals surface area contributed by atoms with E-state index in [1.165, 1.54) is 16.7 Å². The van der Waals surface area contributed by atoms with Crippen molar-refractivity contribution in [2.24, 2.45) is 0 Å². The van der Waals surface area contributed by atoms with Crippen molar-refractivity contribution >= 4 is 22.6 Å². The minimum Gasteiger partial charge on any atom is -0.295 e. The number of aromatic nitrogens is 2. The molecule has 0 radical (unpaired) electrons. The van der Waals surface area contributed by atoms with Crippen LogP contribution in [0.4, 0.5) is 0 Å². The molecule has 2 nitrogen and oxygen atoms in total. The third-order valence-electron chi connectivity index (χ3n) is 3.72. The second-order valence-corrected chi connectivity index (χ2v) is 6.36. The van der Waals surface area contributed by atoms with Crippen LogP contribution < -0.4 is 0 Å². The number of para-hydroxylation sites is 1. The Morgan fingerprint density at radius 3 is 2.33 bits per heavy atom. The summed E-state index contributed by atoms with van der Waals surface area (Å²) in [5.74, 6) is 0.894. The van der Waals surface area contributed by atoms with Crippen molar-refractivity contribution in [1.29, 1.82) is 0 Å². The number of benzene rings is 2. The lowest BCUT2D eigenvalue weighted by Gasteiger charge is -2.13. The molecule has 0 aliphatic heterocycles. The Balaban J connectivity index is 2.41. The molecule has 0 bridgehead atoms. The maximum Gasteiger partial charge on any atom is 0.132 e. The van der Waals surface area contributed by atoms with Gasteiger partial charge in [0.1, 0.15) is 5.82 Å². The van der Waals surface area contributed by atoms with Gasteiger partial charge in [0.2, 0.25) is 0 Å². The summed E-state index contributed by atoms with van der Waals surface area (Å²) < 4.78 is 2.20. The molecule has 0 saturated carbocycles. The summed E-state index contributed by atoms with van der Waals surface area (Å²) in [6.45, 7) is 8.32. The van der Waals surface area contributed by atoms with Crippen molar-refractivity contribution in [2.75, 3.05) is 0 Å². The fourth-order valence-corrected chi connectivity index (χ4v) is 3.07. The van der Waals surface area contributed by atoms with E-state index < -0.39 is 0 Å². The van der Waals surface area contributed by atoms with E-state index in [0.717, 1.165) is 22.5 Å². The number of hydrogen-bond acceptors (Lipinski definition) is 1. The summed E-state index contributed by atoms with van der Waals surface area (Å²) >= 11 is 6.38. The molecule has 0 N–H and O–H groups in total. The zero-order valence-electron chi connectivity index (χ0n) is 12.8. The monoisotopic (exact) mass is 298 g/mol. The molecular formula is C18H19ClN2. The van der Waals surface area contributed by atoms with Crippen LogP contribution in [0.3, 0.4) is 0 Å². The van der Waals surface area contributed by atoms with Gasteiger partial charge in [-0.15, -0.1) is 11.6 Å². The van der Waals surface area contributed by atoms with Crippen molar-refractivity contribution in [3.05, 3.63) is 58.9 Å². The number of rotatable bonds is 2. The molecule has 0 fully saturated rings. The average Bonchev–Trinajstić information content (AvgIpc) is 2.78. The summed E-state index contributed by atoms with van der Waals surface area (Å²) in [4.78, 5) is 4.74. The number of nitrogens with zero attached hydrogens (tertiary/aromatic N) is 2. The molecule has 0 aliphatic carbocycles. The van der Waals surface area contributed by atoms with Gasteiger partial charge in [0.05, 0.1) is 16.4 Å². The highest BCUT2D eigenvalue weighted by Crippen LogP contribution is 2.30. The normalized spacial score (nSPS) is 12.8. The van der Waals surface area contributed by atoms with Crippen LogP contribution in [0.5, 0.6) is 0 Å². The highest BCUT2D eigenvalue weighted by Gasteiger charge is 2.17. The number of fused-ring (bicyclic) bond motifs is 1. The zero-order chi connectivity index (χ0) is 15.1. The first-order valence-electron chi connectivity index (χ1n) is 7.18. The fourth-order valence-electron chi connectivity index (χ4n) is 2.92. The quantitative estimate of drug-likeness (QED) is 0.591.